The quantitative estimate of drug-likeness (QED) is 0.483. The number of carbonyl (C=O) groups excluding carboxylic acids is 1. The first-order valence-electron chi connectivity index (χ1n) is 2.84. The van der Waals surface area contributed by atoms with Gasteiger partial charge in [0.25, 0.3) is 0 Å². The van der Waals surface area contributed by atoms with Crippen molar-refractivity contribution < 1.29 is 4.79 Å². The number of rotatable bonds is 0. The number of fused-ring (bicyclic) bond motifs is 1. The van der Waals surface area contributed by atoms with Crippen LogP contribution in [0.25, 0.3) is 0 Å². The van der Waals surface area contributed by atoms with Gasteiger partial charge in [0.1, 0.15) is 0 Å². The molecule has 0 atom stereocenters. The molecular formula is C7H3N2O. The summed E-state index contributed by atoms with van der Waals surface area (Å²) in [5, 5.41) is 1.26. The van der Waals surface area contributed by atoms with Crippen molar-refractivity contribution in [1.82, 2.24) is 0 Å². The van der Waals surface area contributed by atoms with Crippen molar-refractivity contribution in [2.45, 2.75) is 0 Å². The van der Waals surface area contributed by atoms with E-state index in [0.717, 1.165) is 0 Å². The molecule has 47 valence electrons. The van der Waals surface area contributed by atoms with E-state index in [1.807, 2.05) is 0 Å². The summed E-state index contributed by atoms with van der Waals surface area (Å²) in [6.07, 6.45) is 0. The predicted molar refractivity (Wildman–Crippen MR) is 33.0 cm³/mol. The van der Waals surface area contributed by atoms with Crippen LogP contribution >= 0.6 is 0 Å². The van der Waals surface area contributed by atoms with Gasteiger partial charge in [-0.2, -0.15) is 9.98 Å². The zero-order valence-electron chi connectivity index (χ0n) is 5.03. The molecule has 0 bridgehead atoms. The third kappa shape index (κ3) is 0.639. The first-order chi connectivity index (χ1) is 4.86. The van der Waals surface area contributed by atoms with Crippen molar-refractivity contribution in [3.63, 3.8) is 0 Å². The molecule has 1 aromatic rings. The van der Waals surface area contributed by atoms with Crippen LogP contribution in [0.3, 0.4) is 0 Å². The Hall–Kier alpha value is -1.51. The van der Waals surface area contributed by atoms with Gasteiger partial charge in [0.15, 0.2) is 0 Å². The summed E-state index contributed by atoms with van der Waals surface area (Å²) in [6.45, 7) is 0. The van der Waals surface area contributed by atoms with Crippen molar-refractivity contribution in [3.05, 3.63) is 35.0 Å². The summed E-state index contributed by atoms with van der Waals surface area (Å²) in [5.41, 5.74) is 0. The third-order valence-electron chi connectivity index (χ3n) is 1.25. The highest BCUT2D eigenvalue weighted by Gasteiger charge is 2.01. The van der Waals surface area contributed by atoms with Crippen LogP contribution in [0.1, 0.15) is 0 Å². The summed E-state index contributed by atoms with van der Waals surface area (Å²) in [4.78, 5) is 17.8. The average Bonchev–Trinajstić information content (AvgIpc) is 2.27. The van der Waals surface area contributed by atoms with Crippen molar-refractivity contribution in [3.8, 4) is 0 Å². The van der Waals surface area contributed by atoms with Gasteiger partial charge in [-0.15, -0.1) is 0 Å². The van der Waals surface area contributed by atoms with Gasteiger partial charge in [-0.3, -0.25) is 0 Å². The largest absolute Gasteiger partial charge is 0.368 e. The molecule has 0 fully saturated rings. The maximum atomic E-state index is 10.6. The van der Waals surface area contributed by atoms with Crippen LogP contribution in [0.2, 0.25) is 0 Å². The molecule has 2 rings (SSSR count). The Labute approximate surface area is 56.7 Å². The summed E-state index contributed by atoms with van der Waals surface area (Å²) < 4.78 is 0. The lowest BCUT2D eigenvalue weighted by atomic mass is 10.3. The fourth-order valence-electron chi connectivity index (χ4n) is 0.829. The van der Waals surface area contributed by atoms with Gasteiger partial charge in [0.2, 0.25) is 0 Å². The molecule has 1 aromatic carbocycles. The minimum absolute atomic E-state index is 0.422. The Morgan fingerprint density at radius 3 is 2.90 bits per heavy atom. The van der Waals surface area contributed by atoms with Crippen molar-refractivity contribution >= 4 is 6.03 Å². The van der Waals surface area contributed by atoms with Crippen LogP contribution in [0.5, 0.6) is 0 Å². The standard InChI is InChI=1S/C7H3N2O/c10-7-8-5-3-1-2-4-6(5)9-7/h1,3-4H. The zero-order valence-corrected chi connectivity index (χ0v) is 5.03. The lowest BCUT2D eigenvalue weighted by Crippen LogP contribution is -2.19. The second-order valence-corrected chi connectivity index (χ2v) is 1.92. The predicted octanol–water partition coefficient (Wildman–Crippen LogP) is -0.140. The molecule has 0 N–H and O–H groups in total. The molecule has 1 heterocycles. The Bertz CT molecular complexity index is 357. The Morgan fingerprint density at radius 2 is 2.10 bits per heavy atom. The second-order valence-electron chi connectivity index (χ2n) is 1.92. The van der Waals surface area contributed by atoms with Crippen LogP contribution in [0.15, 0.2) is 28.2 Å². The molecule has 1 radical (unpaired) electrons. The molecule has 0 unspecified atom stereocenters. The second kappa shape index (κ2) is 1.73. The van der Waals surface area contributed by atoms with Gasteiger partial charge >= 0.3 is 6.03 Å². The zero-order chi connectivity index (χ0) is 6.97. The number of hydrogen-bond donors (Lipinski definition) is 0. The highest BCUT2D eigenvalue weighted by molar-refractivity contribution is 5.77. The average molecular weight is 131 g/mol. The Kier molecular flexibility index (Phi) is 0.917. The Balaban J connectivity index is 2.96. The summed E-state index contributed by atoms with van der Waals surface area (Å²) in [7, 11) is 0. The monoisotopic (exact) mass is 131 g/mol. The number of amides is 2. The van der Waals surface area contributed by atoms with E-state index in [1.54, 1.807) is 18.2 Å². The molecule has 3 heteroatoms. The number of urea groups is 1. The van der Waals surface area contributed by atoms with E-state index in [-0.39, 0.29) is 0 Å². The highest BCUT2D eigenvalue weighted by atomic mass is 16.2. The number of hydrogen-bond acceptors (Lipinski definition) is 1. The lowest BCUT2D eigenvalue weighted by Gasteiger charge is -1.74. The van der Waals surface area contributed by atoms with Gasteiger partial charge in [0.05, 0.1) is 10.7 Å². The maximum Gasteiger partial charge on any atom is 0.368 e. The van der Waals surface area contributed by atoms with E-state index >= 15 is 0 Å². The number of nitrogens with zero attached hydrogens (tertiary/aromatic N) is 2. The lowest BCUT2D eigenvalue weighted by molar-refractivity contribution is 0.256. The topological polar surface area (TPSA) is 41.8 Å². The molecule has 10 heavy (non-hydrogen) atoms. The van der Waals surface area contributed by atoms with Crippen LogP contribution in [0.4, 0.5) is 4.79 Å². The summed E-state index contributed by atoms with van der Waals surface area (Å²) in [5.74, 6) is 0. The molecule has 0 saturated carbocycles. The summed E-state index contributed by atoms with van der Waals surface area (Å²) >= 11 is 0. The van der Waals surface area contributed by atoms with Gasteiger partial charge in [-0.05, 0) is 18.2 Å². The normalized spacial score (nSPS) is 13.8. The van der Waals surface area contributed by atoms with Gasteiger partial charge in [-0.1, -0.05) is 6.07 Å². The van der Waals surface area contributed by atoms with E-state index in [9.17, 15) is 4.79 Å². The molecule has 1 aliphatic heterocycles. The van der Waals surface area contributed by atoms with E-state index in [2.05, 4.69) is 16.1 Å². The molecule has 0 spiro atoms. The van der Waals surface area contributed by atoms with Crippen LogP contribution < -0.4 is 10.7 Å². The third-order valence-corrected chi connectivity index (χ3v) is 1.25. The van der Waals surface area contributed by atoms with Crippen molar-refractivity contribution in [2.24, 2.45) is 9.98 Å². The van der Waals surface area contributed by atoms with E-state index < -0.39 is 6.03 Å². The fraction of sp³-hybridized carbons (Fsp3) is 0. The molecule has 0 saturated heterocycles. The minimum Gasteiger partial charge on any atom is -0.244 e. The Morgan fingerprint density at radius 1 is 1.30 bits per heavy atom. The molecular weight excluding hydrogens is 128 g/mol. The van der Waals surface area contributed by atoms with Gasteiger partial charge in [-0.25, -0.2) is 4.79 Å². The van der Waals surface area contributed by atoms with Gasteiger partial charge < -0.3 is 0 Å². The van der Waals surface area contributed by atoms with E-state index in [4.69, 9.17) is 0 Å². The van der Waals surface area contributed by atoms with Crippen molar-refractivity contribution in [1.29, 1.82) is 0 Å². The van der Waals surface area contributed by atoms with Crippen LogP contribution in [0, 0.1) is 6.07 Å². The SMILES string of the molecule is O=C1N=c2c[c]ccc2=N1. The maximum absolute atomic E-state index is 10.6. The number of carbonyl (C=O) groups is 1. The number of benzene rings is 1. The fourth-order valence-corrected chi connectivity index (χ4v) is 0.829. The van der Waals surface area contributed by atoms with Crippen LogP contribution in [-0.2, 0) is 0 Å². The molecule has 0 aromatic heterocycles. The van der Waals surface area contributed by atoms with E-state index in [1.165, 1.54) is 0 Å². The van der Waals surface area contributed by atoms with E-state index in [0.29, 0.717) is 10.7 Å². The van der Waals surface area contributed by atoms with Crippen LogP contribution in [-0.4, -0.2) is 6.03 Å². The van der Waals surface area contributed by atoms with Gasteiger partial charge in [0, 0.05) is 0 Å². The molecule has 0 aliphatic carbocycles. The highest BCUT2D eigenvalue weighted by Crippen LogP contribution is 1.82. The molecule has 2 amide bonds. The molecule has 3 nitrogen and oxygen atoms in total. The minimum atomic E-state index is -0.422. The first-order valence-corrected chi connectivity index (χ1v) is 2.84. The molecule has 1 aliphatic rings. The first kappa shape index (κ1) is 5.29. The van der Waals surface area contributed by atoms with Crippen molar-refractivity contribution in [2.75, 3.05) is 0 Å². The smallest absolute Gasteiger partial charge is 0.244 e. The summed E-state index contributed by atoms with van der Waals surface area (Å²) in [6, 6.07) is 7.45.